The number of amides is 1. The van der Waals surface area contributed by atoms with Gasteiger partial charge in [0.05, 0.1) is 25.5 Å². The number of aliphatic hydroxyl groups is 2. The molecule has 0 unspecified atom stereocenters. The number of nitrogens with zero attached hydrogens (tertiary/aromatic N) is 1. The van der Waals surface area contributed by atoms with E-state index in [4.69, 9.17) is 14.6 Å². The Kier molecular flexibility index (Phi) is 7.69. The summed E-state index contributed by atoms with van der Waals surface area (Å²) in [6.45, 7) is 1.75. The second-order valence-corrected chi connectivity index (χ2v) is 9.13. The highest BCUT2D eigenvalue weighted by atomic mass is 32.2. The first-order chi connectivity index (χ1) is 15.7. The van der Waals surface area contributed by atoms with Crippen molar-refractivity contribution in [3.05, 3.63) is 54.4 Å². The maximum atomic E-state index is 12.3. The molecule has 0 aliphatic heterocycles. The summed E-state index contributed by atoms with van der Waals surface area (Å²) in [5.41, 5.74) is 1.59. The lowest BCUT2D eigenvalue weighted by molar-refractivity contribution is 0.0799. The van der Waals surface area contributed by atoms with Crippen LogP contribution in [0.15, 0.2) is 53.7 Å². The fourth-order valence-electron chi connectivity index (χ4n) is 2.88. The fourth-order valence-corrected chi connectivity index (χ4v) is 3.44. The smallest absolute Gasteiger partial charge is 0.267 e. The first kappa shape index (κ1) is 24.2. The lowest BCUT2D eigenvalue weighted by Crippen LogP contribution is -2.34. The molecule has 4 N–H and O–H groups in total. The third kappa shape index (κ3) is 6.54. The topological polar surface area (TPSA) is 151 Å². The van der Waals surface area contributed by atoms with Crippen LogP contribution in [0.5, 0.6) is 17.2 Å². The predicted octanol–water partition coefficient (Wildman–Crippen LogP) is 1.75. The minimum Gasteiger partial charge on any atom is -0.494 e. The standard InChI is InChI=1S/C22H25N3O7S/c1-3-31-17-8-14(19-5-6-20(25-19)22(28)24-11-15(27)13-26)9-18(10-17)32-16-4-7-21(23-12-16)33(2,29)30/h4-10,12,15,25-27H,3,11,13H2,1-2H3,(H,24,28)/t15-/m0/s1. The van der Waals surface area contributed by atoms with Crippen LogP contribution in [0.2, 0.25) is 0 Å². The van der Waals surface area contributed by atoms with Crippen LogP contribution < -0.4 is 14.8 Å². The number of carbonyl (C=O) groups excluding carboxylic acids is 1. The number of hydrogen-bond donors (Lipinski definition) is 4. The summed E-state index contributed by atoms with van der Waals surface area (Å²) in [7, 11) is -3.41. The molecule has 176 valence electrons. The zero-order chi connectivity index (χ0) is 24.0. The molecule has 3 rings (SSSR count). The number of rotatable bonds is 10. The van der Waals surface area contributed by atoms with Gasteiger partial charge in [0, 0.05) is 30.1 Å². The summed E-state index contributed by atoms with van der Waals surface area (Å²) >= 11 is 0. The van der Waals surface area contributed by atoms with E-state index in [2.05, 4.69) is 15.3 Å². The quantitative estimate of drug-likeness (QED) is 0.346. The molecule has 10 nitrogen and oxygen atoms in total. The average molecular weight is 476 g/mol. The number of carbonyl (C=O) groups is 1. The van der Waals surface area contributed by atoms with Crippen molar-refractivity contribution in [1.29, 1.82) is 0 Å². The third-order valence-corrected chi connectivity index (χ3v) is 5.47. The van der Waals surface area contributed by atoms with Crippen molar-refractivity contribution in [2.45, 2.75) is 18.1 Å². The number of aliphatic hydroxyl groups excluding tert-OH is 2. The first-order valence-corrected chi connectivity index (χ1v) is 12.0. The molecule has 1 amide bonds. The van der Waals surface area contributed by atoms with Crippen LogP contribution in [0.25, 0.3) is 11.3 Å². The molecule has 2 heterocycles. The Balaban J connectivity index is 1.83. The SMILES string of the molecule is CCOc1cc(Oc2ccc(S(C)(=O)=O)nc2)cc(-c2ccc(C(=O)NC[C@H](O)CO)[nH]2)c1. The van der Waals surface area contributed by atoms with E-state index in [-0.39, 0.29) is 17.3 Å². The Labute approximate surface area is 191 Å². The van der Waals surface area contributed by atoms with Gasteiger partial charge in [0.2, 0.25) is 0 Å². The van der Waals surface area contributed by atoms with E-state index in [1.165, 1.54) is 18.3 Å². The molecule has 1 aromatic carbocycles. The van der Waals surface area contributed by atoms with Crippen molar-refractivity contribution in [2.24, 2.45) is 0 Å². The third-order valence-electron chi connectivity index (χ3n) is 4.47. The van der Waals surface area contributed by atoms with Gasteiger partial charge in [0.15, 0.2) is 14.9 Å². The van der Waals surface area contributed by atoms with Crippen LogP contribution in [0.3, 0.4) is 0 Å². The molecule has 0 spiro atoms. The number of H-pyrrole nitrogens is 1. The molecule has 2 aromatic heterocycles. The zero-order valence-electron chi connectivity index (χ0n) is 18.1. The summed E-state index contributed by atoms with van der Waals surface area (Å²) in [5.74, 6) is 0.883. The number of sulfone groups is 1. The largest absolute Gasteiger partial charge is 0.494 e. The number of ether oxygens (including phenoxy) is 2. The fraction of sp³-hybridized carbons (Fsp3) is 0.273. The highest BCUT2D eigenvalue weighted by Gasteiger charge is 2.14. The minimum absolute atomic E-state index is 0.0534. The van der Waals surface area contributed by atoms with Crippen LogP contribution in [-0.2, 0) is 9.84 Å². The molecule has 0 radical (unpaired) electrons. The van der Waals surface area contributed by atoms with Crippen molar-refractivity contribution < 1.29 is 32.9 Å². The number of aromatic amines is 1. The first-order valence-electron chi connectivity index (χ1n) is 10.1. The van der Waals surface area contributed by atoms with Crippen LogP contribution in [0.4, 0.5) is 0 Å². The van der Waals surface area contributed by atoms with Gasteiger partial charge >= 0.3 is 0 Å². The molecule has 3 aromatic rings. The van der Waals surface area contributed by atoms with E-state index in [1.807, 2.05) is 6.92 Å². The monoisotopic (exact) mass is 475 g/mol. The van der Waals surface area contributed by atoms with Gasteiger partial charge in [0.1, 0.15) is 22.9 Å². The molecule has 0 aliphatic carbocycles. The van der Waals surface area contributed by atoms with E-state index in [0.29, 0.717) is 35.1 Å². The predicted molar refractivity (Wildman–Crippen MR) is 120 cm³/mol. The van der Waals surface area contributed by atoms with Crippen molar-refractivity contribution in [1.82, 2.24) is 15.3 Å². The van der Waals surface area contributed by atoms with Gasteiger partial charge in [-0.2, -0.15) is 0 Å². The van der Waals surface area contributed by atoms with E-state index in [9.17, 15) is 18.3 Å². The number of benzene rings is 1. The Morgan fingerprint density at radius 1 is 1.15 bits per heavy atom. The molecular weight excluding hydrogens is 450 g/mol. The van der Waals surface area contributed by atoms with E-state index < -0.39 is 28.5 Å². The Morgan fingerprint density at radius 3 is 2.55 bits per heavy atom. The summed E-state index contributed by atoms with van der Waals surface area (Å²) in [6, 6.07) is 11.4. The van der Waals surface area contributed by atoms with Gasteiger partial charge in [-0.15, -0.1) is 0 Å². The van der Waals surface area contributed by atoms with E-state index in [0.717, 1.165) is 6.26 Å². The molecule has 0 aliphatic rings. The normalized spacial score (nSPS) is 12.2. The number of pyridine rings is 1. The van der Waals surface area contributed by atoms with E-state index in [1.54, 1.807) is 30.3 Å². The zero-order valence-corrected chi connectivity index (χ0v) is 18.9. The van der Waals surface area contributed by atoms with Crippen LogP contribution in [0, 0.1) is 0 Å². The summed E-state index contributed by atoms with van der Waals surface area (Å²) < 4.78 is 34.6. The highest BCUT2D eigenvalue weighted by molar-refractivity contribution is 7.90. The number of hydrogen-bond acceptors (Lipinski definition) is 8. The molecule has 0 fully saturated rings. The van der Waals surface area contributed by atoms with Gasteiger partial charge in [-0.05, 0) is 43.3 Å². The Hall–Kier alpha value is -3.41. The van der Waals surface area contributed by atoms with Crippen molar-refractivity contribution >= 4 is 15.7 Å². The Morgan fingerprint density at radius 2 is 1.91 bits per heavy atom. The maximum absolute atomic E-state index is 12.3. The Bertz CT molecular complexity index is 1210. The highest BCUT2D eigenvalue weighted by Crippen LogP contribution is 2.32. The van der Waals surface area contributed by atoms with Crippen LogP contribution in [0.1, 0.15) is 17.4 Å². The molecule has 33 heavy (non-hydrogen) atoms. The lowest BCUT2D eigenvalue weighted by atomic mass is 10.1. The van der Waals surface area contributed by atoms with Crippen molar-refractivity contribution in [2.75, 3.05) is 26.0 Å². The lowest BCUT2D eigenvalue weighted by Gasteiger charge is -2.11. The summed E-state index contributed by atoms with van der Waals surface area (Å²) in [4.78, 5) is 19.2. The van der Waals surface area contributed by atoms with Crippen molar-refractivity contribution in [3.8, 4) is 28.5 Å². The second-order valence-electron chi connectivity index (χ2n) is 7.16. The van der Waals surface area contributed by atoms with Gasteiger partial charge in [-0.1, -0.05) is 0 Å². The van der Waals surface area contributed by atoms with Gasteiger partial charge in [0.25, 0.3) is 5.91 Å². The maximum Gasteiger partial charge on any atom is 0.267 e. The van der Waals surface area contributed by atoms with Crippen LogP contribution in [-0.4, -0.2) is 66.6 Å². The van der Waals surface area contributed by atoms with E-state index >= 15 is 0 Å². The average Bonchev–Trinajstić information content (AvgIpc) is 3.27. The van der Waals surface area contributed by atoms with Crippen molar-refractivity contribution in [3.63, 3.8) is 0 Å². The minimum atomic E-state index is -3.41. The molecule has 11 heteroatoms. The van der Waals surface area contributed by atoms with Crippen LogP contribution >= 0.6 is 0 Å². The molecular formula is C22H25N3O7S. The molecule has 0 bridgehead atoms. The molecule has 1 atom stereocenters. The second kappa shape index (κ2) is 10.5. The number of aromatic nitrogens is 2. The van der Waals surface area contributed by atoms with Gasteiger partial charge in [-0.3, -0.25) is 4.79 Å². The molecule has 0 saturated heterocycles. The van der Waals surface area contributed by atoms with Gasteiger partial charge < -0.3 is 30.0 Å². The number of nitrogens with one attached hydrogen (secondary N) is 2. The van der Waals surface area contributed by atoms with Gasteiger partial charge in [-0.25, -0.2) is 13.4 Å². The molecule has 0 saturated carbocycles. The summed E-state index contributed by atoms with van der Waals surface area (Å²) in [5, 5.41) is 20.7. The summed E-state index contributed by atoms with van der Waals surface area (Å²) in [6.07, 6.45) is 1.36.